The van der Waals surface area contributed by atoms with Crippen LogP contribution in [0.3, 0.4) is 0 Å². The number of rotatable bonds is 4. The maximum atomic E-state index is 13.4. The Kier molecular flexibility index (Phi) is 4.73. The molecule has 10 heteroatoms. The van der Waals surface area contributed by atoms with Crippen LogP contribution in [0.1, 0.15) is 31.3 Å². The minimum atomic E-state index is -0.432. The number of amides is 2. The van der Waals surface area contributed by atoms with Crippen molar-refractivity contribution in [3.05, 3.63) is 52.3 Å². The number of thiazole rings is 1. The summed E-state index contributed by atoms with van der Waals surface area (Å²) in [4.78, 5) is 35.7. The zero-order valence-corrected chi connectivity index (χ0v) is 18.2. The molecule has 1 aromatic carbocycles. The maximum Gasteiger partial charge on any atom is 0.260 e. The van der Waals surface area contributed by atoms with Gasteiger partial charge in [-0.3, -0.25) is 9.59 Å². The van der Waals surface area contributed by atoms with Crippen molar-refractivity contribution < 1.29 is 9.59 Å². The summed E-state index contributed by atoms with van der Waals surface area (Å²) < 4.78 is 0. The second-order valence-electron chi connectivity index (χ2n) is 8.25. The largest absolute Gasteiger partial charge is 0.365 e. The summed E-state index contributed by atoms with van der Waals surface area (Å²) in [6, 6.07) is 5.76. The van der Waals surface area contributed by atoms with E-state index < -0.39 is 5.91 Å². The Bertz CT molecular complexity index is 1140. The van der Waals surface area contributed by atoms with E-state index in [1.165, 1.54) is 16.1 Å². The van der Waals surface area contributed by atoms with E-state index in [1.54, 1.807) is 12.4 Å². The van der Waals surface area contributed by atoms with Gasteiger partial charge in [0.25, 0.3) is 11.8 Å². The van der Waals surface area contributed by atoms with Gasteiger partial charge in [0.05, 0.1) is 29.3 Å². The lowest BCUT2D eigenvalue weighted by Gasteiger charge is -2.22. The van der Waals surface area contributed by atoms with Gasteiger partial charge in [-0.15, -0.1) is 0 Å². The van der Waals surface area contributed by atoms with Gasteiger partial charge < -0.3 is 15.5 Å². The fourth-order valence-corrected chi connectivity index (χ4v) is 5.50. The molecule has 9 nitrogen and oxygen atoms in total. The number of anilines is 1. The van der Waals surface area contributed by atoms with Gasteiger partial charge in [0.15, 0.2) is 5.13 Å². The molecule has 2 N–H and O–H groups in total. The van der Waals surface area contributed by atoms with Crippen LogP contribution in [0.25, 0.3) is 5.69 Å². The van der Waals surface area contributed by atoms with Crippen molar-refractivity contribution in [2.45, 2.75) is 13.8 Å². The number of hydrogen-bond donors (Lipinski definition) is 1. The first-order valence-electron chi connectivity index (χ1n) is 10.2. The number of nitrogens with two attached hydrogens (primary N) is 1. The molecule has 2 saturated heterocycles. The van der Waals surface area contributed by atoms with E-state index in [0.717, 1.165) is 23.8 Å². The number of carbonyl (C=O) groups excluding carboxylic acids is 2. The fraction of sp³-hybridized carbons (Fsp3) is 0.381. The molecule has 0 saturated carbocycles. The van der Waals surface area contributed by atoms with Crippen molar-refractivity contribution >= 4 is 28.3 Å². The fourth-order valence-electron chi connectivity index (χ4n) is 4.57. The van der Waals surface area contributed by atoms with Gasteiger partial charge in [-0.2, -0.15) is 15.0 Å². The topological polar surface area (TPSA) is 110 Å². The smallest absolute Gasteiger partial charge is 0.260 e. The first-order chi connectivity index (χ1) is 14.9. The lowest BCUT2D eigenvalue weighted by molar-refractivity contribution is 0.0782. The van der Waals surface area contributed by atoms with Crippen LogP contribution in [0.2, 0.25) is 0 Å². The third kappa shape index (κ3) is 3.46. The highest BCUT2D eigenvalue weighted by Gasteiger charge is 2.43. The van der Waals surface area contributed by atoms with Gasteiger partial charge >= 0.3 is 0 Å². The summed E-state index contributed by atoms with van der Waals surface area (Å²) in [5.74, 6) is 0.332. The Balaban J connectivity index is 1.32. The molecule has 2 fully saturated rings. The summed E-state index contributed by atoms with van der Waals surface area (Å²) in [6.45, 7) is 6.83. The van der Waals surface area contributed by atoms with Crippen molar-refractivity contribution in [1.82, 2.24) is 24.9 Å². The zero-order valence-electron chi connectivity index (χ0n) is 17.4. The van der Waals surface area contributed by atoms with E-state index in [9.17, 15) is 9.59 Å². The highest BCUT2D eigenvalue weighted by molar-refractivity contribution is 7.17. The number of primary amides is 1. The van der Waals surface area contributed by atoms with Crippen LogP contribution in [-0.4, -0.2) is 62.9 Å². The predicted molar refractivity (Wildman–Crippen MR) is 117 cm³/mol. The molecule has 4 heterocycles. The summed E-state index contributed by atoms with van der Waals surface area (Å²) in [6.07, 6.45) is 3.21. The monoisotopic (exact) mass is 437 g/mol. The van der Waals surface area contributed by atoms with Crippen molar-refractivity contribution in [3.8, 4) is 5.69 Å². The Morgan fingerprint density at radius 2 is 1.74 bits per heavy atom. The standard InChI is InChI=1S/C21H23N7O2S/c1-12-3-4-17(28-23-5-6-24-28)16(7-12)20(30)26-8-14-10-27(11-15(14)9-26)21-25-13(2)18(31-21)19(22)29/h3-7,14-15H,8-11H2,1-2H3,(H2,22,29). The average molecular weight is 438 g/mol. The van der Waals surface area contributed by atoms with Gasteiger partial charge in [0.2, 0.25) is 0 Å². The van der Waals surface area contributed by atoms with Crippen molar-refractivity contribution in [1.29, 1.82) is 0 Å². The highest BCUT2D eigenvalue weighted by atomic mass is 32.1. The molecule has 2 atom stereocenters. The van der Waals surface area contributed by atoms with E-state index in [1.807, 2.05) is 36.9 Å². The molecule has 0 radical (unpaired) electrons. The van der Waals surface area contributed by atoms with E-state index >= 15 is 0 Å². The summed E-state index contributed by atoms with van der Waals surface area (Å²) in [7, 11) is 0. The van der Waals surface area contributed by atoms with Gasteiger partial charge in [-0.05, 0) is 26.0 Å². The minimum Gasteiger partial charge on any atom is -0.365 e. The van der Waals surface area contributed by atoms with E-state index in [-0.39, 0.29) is 5.91 Å². The summed E-state index contributed by atoms with van der Waals surface area (Å²) in [5, 5.41) is 9.23. The van der Waals surface area contributed by atoms with Crippen LogP contribution in [-0.2, 0) is 0 Å². The summed E-state index contributed by atoms with van der Waals surface area (Å²) >= 11 is 1.35. The van der Waals surface area contributed by atoms with Gasteiger partial charge in [-0.1, -0.05) is 23.0 Å². The van der Waals surface area contributed by atoms with Crippen LogP contribution >= 0.6 is 11.3 Å². The molecule has 2 unspecified atom stereocenters. The predicted octanol–water partition coefficient (Wildman–Crippen LogP) is 1.65. The normalized spacial score (nSPS) is 20.3. The van der Waals surface area contributed by atoms with Gasteiger partial charge in [0.1, 0.15) is 4.88 Å². The first kappa shape index (κ1) is 19.7. The van der Waals surface area contributed by atoms with Crippen LogP contribution < -0.4 is 10.6 Å². The molecule has 3 aromatic rings. The van der Waals surface area contributed by atoms with Crippen molar-refractivity contribution in [3.63, 3.8) is 0 Å². The molecule has 5 rings (SSSR count). The van der Waals surface area contributed by atoms with Crippen LogP contribution in [0, 0.1) is 25.7 Å². The van der Waals surface area contributed by atoms with E-state index in [4.69, 9.17) is 5.73 Å². The number of hydrogen-bond acceptors (Lipinski definition) is 7. The van der Waals surface area contributed by atoms with Crippen molar-refractivity contribution in [2.75, 3.05) is 31.1 Å². The van der Waals surface area contributed by atoms with Crippen LogP contribution in [0.15, 0.2) is 30.6 Å². The Morgan fingerprint density at radius 1 is 1.06 bits per heavy atom. The molecule has 31 heavy (non-hydrogen) atoms. The number of likely N-dealkylation sites (tertiary alicyclic amines) is 1. The molecule has 2 amide bonds. The molecule has 0 spiro atoms. The average Bonchev–Trinajstić information content (AvgIpc) is 3.50. The second-order valence-corrected chi connectivity index (χ2v) is 9.23. The number of carbonyl (C=O) groups is 2. The molecule has 0 aliphatic carbocycles. The lowest BCUT2D eigenvalue weighted by atomic mass is 10.0. The van der Waals surface area contributed by atoms with Gasteiger partial charge in [-0.25, -0.2) is 4.98 Å². The van der Waals surface area contributed by atoms with Crippen molar-refractivity contribution in [2.24, 2.45) is 17.6 Å². The molecule has 0 bridgehead atoms. The maximum absolute atomic E-state index is 13.4. The third-order valence-electron chi connectivity index (χ3n) is 6.07. The minimum absolute atomic E-state index is 0.0121. The molecular weight excluding hydrogens is 414 g/mol. The highest BCUT2D eigenvalue weighted by Crippen LogP contribution is 2.37. The first-order valence-corrected chi connectivity index (χ1v) is 11.0. The molecule has 2 aliphatic heterocycles. The zero-order chi connectivity index (χ0) is 21.7. The third-order valence-corrected chi connectivity index (χ3v) is 7.30. The number of aryl methyl sites for hydroxylation is 2. The Hall–Kier alpha value is -3.27. The quantitative estimate of drug-likeness (QED) is 0.665. The van der Waals surface area contributed by atoms with Gasteiger partial charge in [0, 0.05) is 38.0 Å². The van der Waals surface area contributed by atoms with E-state index in [2.05, 4.69) is 20.1 Å². The van der Waals surface area contributed by atoms with Crippen LogP contribution in [0.4, 0.5) is 5.13 Å². The molecule has 2 aliphatic rings. The molecular formula is C21H23N7O2S. The molecule has 2 aromatic heterocycles. The second kappa shape index (κ2) is 7.45. The molecule has 160 valence electrons. The number of fused-ring (bicyclic) bond motifs is 1. The number of nitrogens with zero attached hydrogens (tertiary/aromatic N) is 6. The van der Waals surface area contributed by atoms with Crippen LogP contribution in [0.5, 0.6) is 0 Å². The lowest BCUT2D eigenvalue weighted by Crippen LogP contribution is -2.34. The number of benzene rings is 1. The SMILES string of the molecule is Cc1ccc(-n2nccn2)c(C(=O)N2CC3CN(c4nc(C)c(C(N)=O)s4)CC3C2)c1. The Labute approximate surface area is 183 Å². The number of aromatic nitrogens is 4. The summed E-state index contributed by atoms with van der Waals surface area (Å²) in [5.41, 5.74) is 8.46. The van der Waals surface area contributed by atoms with E-state index in [0.29, 0.717) is 46.7 Å². The Morgan fingerprint density at radius 3 is 2.35 bits per heavy atom.